The maximum Gasteiger partial charge on any atom is 0.164 e. The number of halogens is 2. The molecule has 36 heavy (non-hydrogen) atoms. The first-order valence-electron chi connectivity index (χ1n) is 11.8. The summed E-state index contributed by atoms with van der Waals surface area (Å²) in [4.78, 5) is 8.33. The van der Waals surface area contributed by atoms with E-state index < -0.39 is 0 Å². The fourth-order valence-corrected chi connectivity index (χ4v) is 4.90. The Morgan fingerprint density at radius 1 is 0.889 bits per heavy atom. The Balaban J connectivity index is 1.65. The summed E-state index contributed by atoms with van der Waals surface area (Å²) in [6, 6.07) is 30.0. The van der Waals surface area contributed by atoms with Gasteiger partial charge in [-0.15, -0.1) is 0 Å². The first-order valence-corrected chi connectivity index (χ1v) is 12.9. The molecule has 184 valence electrons. The monoisotopic (exact) mass is 518 g/mol. The number of aromatic hydroxyl groups is 1. The van der Waals surface area contributed by atoms with Crippen LogP contribution in [0.25, 0.3) is 0 Å². The average Bonchev–Trinajstić information content (AvgIpc) is 2.86. The normalized spacial score (nSPS) is 11.5. The molecule has 0 heterocycles. The highest BCUT2D eigenvalue weighted by molar-refractivity contribution is 8.13. The van der Waals surface area contributed by atoms with Gasteiger partial charge in [-0.1, -0.05) is 77.5 Å². The van der Waals surface area contributed by atoms with Crippen LogP contribution in [0.5, 0.6) is 5.75 Å². The van der Waals surface area contributed by atoms with Gasteiger partial charge in [0.15, 0.2) is 5.17 Å². The van der Waals surface area contributed by atoms with E-state index in [1.807, 2.05) is 42.5 Å². The van der Waals surface area contributed by atoms with Gasteiger partial charge >= 0.3 is 0 Å². The molecule has 0 unspecified atom stereocenters. The van der Waals surface area contributed by atoms with E-state index in [1.165, 1.54) is 23.3 Å². The van der Waals surface area contributed by atoms with Crippen LogP contribution in [0.2, 0.25) is 5.02 Å². The van der Waals surface area contributed by atoms with Gasteiger partial charge < -0.3 is 10.0 Å². The zero-order valence-corrected chi connectivity index (χ0v) is 21.6. The third-order valence-electron chi connectivity index (χ3n) is 5.65. The van der Waals surface area contributed by atoms with E-state index in [1.54, 1.807) is 36.0 Å². The van der Waals surface area contributed by atoms with Crippen LogP contribution in [0, 0.1) is 12.7 Å². The SMILES string of the molecule is Cc1cccc(SC(=NCc2ccc(F)cc2)N(CCc2ccc(Cl)cc2)Cc2cccc(O)c2)c1. The van der Waals surface area contributed by atoms with Gasteiger partial charge in [0, 0.05) is 23.0 Å². The molecule has 0 spiro atoms. The number of hydrogen-bond acceptors (Lipinski definition) is 3. The number of rotatable bonds is 8. The Morgan fingerprint density at radius 3 is 2.33 bits per heavy atom. The van der Waals surface area contributed by atoms with Crippen molar-refractivity contribution in [3.63, 3.8) is 0 Å². The molecule has 4 aromatic rings. The average molecular weight is 519 g/mol. The van der Waals surface area contributed by atoms with Crippen LogP contribution in [0.1, 0.15) is 22.3 Å². The predicted octanol–water partition coefficient (Wildman–Crippen LogP) is 7.89. The van der Waals surface area contributed by atoms with Crippen LogP contribution in [0.3, 0.4) is 0 Å². The highest BCUT2D eigenvalue weighted by Gasteiger charge is 2.15. The molecule has 0 aliphatic rings. The highest BCUT2D eigenvalue weighted by atomic mass is 35.5. The van der Waals surface area contributed by atoms with Crippen molar-refractivity contribution < 1.29 is 9.50 Å². The van der Waals surface area contributed by atoms with Gasteiger partial charge in [-0.2, -0.15) is 0 Å². The molecule has 3 nitrogen and oxygen atoms in total. The number of phenolic OH excluding ortho intramolecular Hbond substituents is 1. The van der Waals surface area contributed by atoms with Crippen LogP contribution < -0.4 is 0 Å². The minimum absolute atomic E-state index is 0.237. The largest absolute Gasteiger partial charge is 0.508 e. The van der Waals surface area contributed by atoms with Crippen molar-refractivity contribution in [1.82, 2.24) is 4.90 Å². The van der Waals surface area contributed by atoms with Gasteiger partial charge in [0.25, 0.3) is 0 Å². The lowest BCUT2D eigenvalue weighted by Gasteiger charge is -2.26. The second kappa shape index (κ2) is 12.6. The van der Waals surface area contributed by atoms with Gasteiger partial charge in [-0.05, 0) is 78.6 Å². The number of aliphatic imine (C=N–C) groups is 1. The molecule has 0 amide bonds. The van der Waals surface area contributed by atoms with Crippen molar-refractivity contribution in [1.29, 1.82) is 0 Å². The number of hydrogen-bond donors (Lipinski definition) is 1. The summed E-state index contributed by atoms with van der Waals surface area (Å²) in [7, 11) is 0. The Kier molecular flexibility index (Phi) is 9.04. The summed E-state index contributed by atoms with van der Waals surface area (Å²) >= 11 is 7.69. The number of thioether (sulfide) groups is 1. The van der Waals surface area contributed by atoms with Gasteiger partial charge in [0.05, 0.1) is 6.54 Å². The van der Waals surface area contributed by atoms with Crippen molar-refractivity contribution in [3.8, 4) is 5.75 Å². The summed E-state index contributed by atoms with van der Waals surface area (Å²) < 4.78 is 13.4. The van der Waals surface area contributed by atoms with E-state index >= 15 is 0 Å². The second-order valence-corrected chi connectivity index (χ2v) is 10.1. The summed E-state index contributed by atoms with van der Waals surface area (Å²) in [5.74, 6) is -0.0214. The summed E-state index contributed by atoms with van der Waals surface area (Å²) in [5, 5.41) is 11.6. The standard InChI is InChI=1S/C30H28ClFN2OS/c1-22-4-2-7-29(18-22)36-30(33-20-24-10-14-27(32)15-11-24)34(21-25-5-3-6-28(35)19-25)17-16-23-8-12-26(31)13-9-23/h2-15,18-19,35H,16-17,20-21H2,1H3. The van der Waals surface area contributed by atoms with E-state index in [4.69, 9.17) is 16.6 Å². The maximum atomic E-state index is 13.4. The highest BCUT2D eigenvalue weighted by Crippen LogP contribution is 2.26. The van der Waals surface area contributed by atoms with Crippen LogP contribution in [0.15, 0.2) is 107 Å². The molecule has 0 aromatic heterocycles. The molecule has 1 N–H and O–H groups in total. The molecule has 0 fully saturated rings. The lowest BCUT2D eigenvalue weighted by molar-refractivity contribution is 0.420. The van der Waals surface area contributed by atoms with Gasteiger partial charge in [0.2, 0.25) is 0 Å². The van der Waals surface area contributed by atoms with Crippen molar-refractivity contribution in [2.45, 2.75) is 31.3 Å². The molecule has 4 aromatic carbocycles. The zero-order chi connectivity index (χ0) is 25.3. The lowest BCUT2D eigenvalue weighted by Crippen LogP contribution is -2.31. The molecule has 0 radical (unpaired) electrons. The molecular formula is C30H28ClFN2OS. The first kappa shape index (κ1) is 25.8. The van der Waals surface area contributed by atoms with Crippen LogP contribution in [-0.4, -0.2) is 21.7 Å². The predicted molar refractivity (Wildman–Crippen MR) is 148 cm³/mol. The van der Waals surface area contributed by atoms with E-state index in [0.717, 1.165) is 34.2 Å². The summed E-state index contributed by atoms with van der Waals surface area (Å²) in [6.45, 7) is 3.82. The number of aryl methyl sites for hydroxylation is 1. The van der Waals surface area contributed by atoms with Crippen LogP contribution in [-0.2, 0) is 19.5 Å². The van der Waals surface area contributed by atoms with Crippen molar-refractivity contribution in [3.05, 3.63) is 130 Å². The molecule has 0 aliphatic carbocycles. The Morgan fingerprint density at radius 2 is 1.61 bits per heavy atom. The van der Waals surface area contributed by atoms with Gasteiger partial charge in [-0.3, -0.25) is 4.99 Å². The quantitative estimate of drug-likeness (QED) is 0.146. The van der Waals surface area contributed by atoms with Crippen LogP contribution >= 0.6 is 23.4 Å². The number of phenols is 1. The fraction of sp³-hybridized carbons (Fsp3) is 0.167. The van der Waals surface area contributed by atoms with E-state index in [9.17, 15) is 9.50 Å². The first-order chi connectivity index (χ1) is 17.4. The van der Waals surface area contributed by atoms with E-state index in [2.05, 4.69) is 30.0 Å². The Hall–Kier alpha value is -3.28. The lowest BCUT2D eigenvalue weighted by atomic mass is 10.1. The van der Waals surface area contributed by atoms with Crippen molar-refractivity contribution >= 4 is 28.5 Å². The van der Waals surface area contributed by atoms with E-state index in [0.29, 0.717) is 18.1 Å². The number of nitrogens with zero attached hydrogens (tertiary/aromatic N) is 2. The second-order valence-electron chi connectivity index (χ2n) is 8.61. The number of amidine groups is 1. The molecule has 6 heteroatoms. The third-order valence-corrected chi connectivity index (χ3v) is 6.96. The zero-order valence-electron chi connectivity index (χ0n) is 20.1. The smallest absolute Gasteiger partial charge is 0.164 e. The Bertz CT molecular complexity index is 1310. The van der Waals surface area contributed by atoms with Crippen molar-refractivity contribution in [2.75, 3.05) is 6.54 Å². The number of benzene rings is 4. The van der Waals surface area contributed by atoms with Gasteiger partial charge in [0.1, 0.15) is 11.6 Å². The third kappa shape index (κ3) is 7.87. The summed E-state index contributed by atoms with van der Waals surface area (Å²) in [5.41, 5.74) is 4.29. The topological polar surface area (TPSA) is 35.8 Å². The minimum Gasteiger partial charge on any atom is -0.508 e. The molecule has 0 saturated carbocycles. The molecule has 0 saturated heterocycles. The molecule has 0 bridgehead atoms. The summed E-state index contributed by atoms with van der Waals surface area (Å²) in [6.07, 6.45) is 0.805. The minimum atomic E-state index is -0.259. The molecule has 4 rings (SSSR count). The molecule has 0 atom stereocenters. The molecular weight excluding hydrogens is 491 g/mol. The Labute approximate surface area is 221 Å². The van der Waals surface area contributed by atoms with Crippen molar-refractivity contribution in [2.24, 2.45) is 4.99 Å². The van der Waals surface area contributed by atoms with Crippen LogP contribution in [0.4, 0.5) is 4.39 Å². The van der Waals surface area contributed by atoms with Gasteiger partial charge in [-0.25, -0.2) is 4.39 Å². The fourth-order valence-electron chi connectivity index (χ4n) is 3.76. The van der Waals surface area contributed by atoms with E-state index in [-0.39, 0.29) is 11.6 Å². The maximum absolute atomic E-state index is 13.4. The molecule has 0 aliphatic heterocycles.